The Morgan fingerprint density at radius 1 is 1.06 bits per heavy atom. The lowest BCUT2D eigenvalue weighted by Crippen LogP contribution is -2.61. The summed E-state index contributed by atoms with van der Waals surface area (Å²) in [5, 5.41) is 1.04. The first-order valence-corrected chi connectivity index (χ1v) is 17.6. The van der Waals surface area contributed by atoms with Gasteiger partial charge in [0.15, 0.2) is 5.96 Å². The van der Waals surface area contributed by atoms with Gasteiger partial charge in [-0.2, -0.15) is 4.72 Å². The van der Waals surface area contributed by atoms with E-state index in [-0.39, 0.29) is 65.2 Å². The van der Waals surface area contributed by atoms with Gasteiger partial charge in [0.1, 0.15) is 22.8 Å². The predicted octanol–water partition coefficient (Wildman–Crippen LogP) is 2.85. The van der Waals surface area contributed by atoms with Gasteiger partial charge in [0.25, 0.3) is 0 Å². The fourth-order valence-electron chi connectivity index (χ4n) is 5.54. The van der Waals surface area contributed by atoms with E-state index in [4.69, 9.17) is 45.1 Å². The Morgan fingerprint density at radius 3 is 2.40 bits per heavy atom. The van der Waals surface area contributed by atoms with Crippen LogP contribution in [0.3, 0.4) is 0 Å². The molecule has 16 heteroatoms. The molecule has 3 aromatic rings. The molecule has 1 aliphatic heterocycles. The second kappa shape index (κ2) is 15.2. The number of guanidine groups is 1. The molecule has 2 heterocycles. The van der Waals surface area contributed by atoms with Crippen molar-refractivity contribution >= 4 is 61.9 Å². The van der Waals surface area contributed by atoms with Crippen LogP contribution in [0.4, 0.5) is 0 Å². The number of aryl methyl sites for hydroxylation is 2. The first-order chi connectivity index (χ1) is 22.5. The van der Waals surface area contributed by atoms with Crippen LogP contribution in [-0.2, 0) is 26.2 Å². The molecule has 1 aromatic heterocycles. The third-order valence-corrected chi connectivity index (χ3v) is 10.6. The van der Waals surface area contributed by atoms with Crippen molar-refractivity contribution < 1.29 is 22.7 Å². The number of hydrogen-bond donors (Lipinski definition) is 4. The molecule has 0 bridgehead atoms. The van der Waals surface area contributed by atoms with Gasteiger partial charge in [0.05, 0.1) is 16.6 Å². The largest absolute Gasteiger partial charge is 0.489 e. The summed E-state index contributed by atoms with van der Waals surface area (Å²) in [6, 6.07) is 9.45. The summed E-state index contributed by atoms with van der Waals surface area (Å²) in [5.74, 6) is -0.169. The van der Waals surface area contributed by atoms with Gasteiger partial charge in [0, 0.05) is 54.4 Å². The highest BCUT2D eigenvalue weighted by molar-refractivity contribution is 7.89. The number of nitrogens with zero attached hydrogens (tertiary/aromatic N) is 4. The minimum atomic E-state index is -4.30. The maximum atomic E-state index is 13.6. The minimum Gasteiger partial charge on any atom is -0.489 e. The van der Waals surface area contributed by atoms with Crippen LogP contribution >= 0.6 is 23.2 Å². The van der Waals surface area contributed by atoms with Crippen molar-refractivity contribution in [2.24, 2.45) is 22.2 Å². The number of carbonyl (C=O) groups excluding carboxylic acids is 2. The standard InChI is InChI=1S/C32H42Cl2N8O5S/c1-19-16-20(2)39-26-9-7-21(17-22(19)26)47-18-23-24(33)8-10-27(28(23)34)48(45,46)40-32(3,4)30(44)42-14-12-41(13-15-42)29(43)25(35)6-5-11-38-31(36)37/h7-10,16-17,25,40H,5-6,11-15,18,35H2,1-4H3,(H4,36,37,38)/t25-/m0/s1. The van der Waals surface area contributed by atoms with Crippen molar-refractivity contribution in [3.05, 3.63) is 63.3 Å². The molecule has 1 atom stereocenters. The van der Waals surface area contributed by atoms with Crippen molar-refractivity contribution in [1.29, 1.82) is 0 Å². The number of benzene rings is 2. The number of carbonyl (C=O) groups is 2. The topological polar surface area (TPSA) is 199 Å². The van der Waals surface area contributed by atoms with Crippen LogP contribution in [0.25, 0.3) is 10.9 Å². The lowest BCUT2D eigenvalue weighted by Gasteiger charge is -2.39. The van der Waals surface area contributed by atoms with Crippen LogP contribution in [0.5, 0.6) is 5.75 Å². The molecule has 2 aromatic carbocycles. The van der Waals surface area contributed by atoms with E-state index in [2.05, 4.69) is 14.7 Å². The number of pyridine rings is 1. The van der Waals surface area contributed by atoms with Crippen LogP contribution in [-0.4, -0.2) is 85.3 Å². The number of aliphatic imine (C=N–C) groups is 1. The molecular weight excluding hydrogens is 679 g/mol. The molecule has 4 rings (SSSR count). The minimum absolute atomic E-state index is 0.0206. The molecule has 0 radical (unpaired) electrons. The third-order valence-electron chi connectivity index (χ3n) is 8.03. The maximum Gasteiger partial charge on any atom is 0.243 e. The number of hydrogen-bond acceptors (Lipinski definition) is 8. The smallest absolute Gasteiger partial charge is 0.243 e. The van der Waals surface area contributed by atoms with E-state index < -0.39 is 27.5 Å². The highest BCUT2D eigenvalue weighted by Crippen LogP contribution is 2.33. The summed E-state index contributed by atoms with van der Waals surface area (Å²) < 4.78 is 35.7. The van der Waals surface area contributed by atoms with Crippen LogP contribution in [0, 0.1) is 13.8 Å². The highest BCUT2D eigenvalue weighted by atomic mass is 35.5. The molecule has 2 amide bonds. The zero-order valence-corrected chi connectivity index (χ0v) is 29.8. The predicted molar refractivity (Wildman–Crippen MR) is 187 cm³/mol. The number of fused-ring (bicyclic) bond motifs is 1. The van der Waals surface area contributed by atoms with Crippen LogP contribution in [0.15, 0.2) is 46.3 Å². The van der Waals surface area contributed by atoms with Gasteiger partial charge in [-0.15, -0.1) is 0 Å². The Kier molecular flexibility index (Phi) is 11.8. The number of sulfonamides is 1. The fourth-order valence-corrected chi connectivity index (χ4v) is 7.80. The molecule has 0 unspecified atom stereocenters. The van der Waals surface area contributed by atoms with E-state index >= 15 is 0 Å². The van der Waals surface area contributed by atoms with Crippen molar-refractivity contribution in [3.63, 3.8) is 0 Å². The van der Waals surface area contributed by atoms with Crippen molar-refractivity contribution in [2.45, 2.75) is 63.6 Å². The maximum absolute atomic E-state index is 13.6. The van der Waals surface area contributed by atoms with E-state index in [1.807, 2.05) is 32.0 Å². The Balaban J connectivity index is 1.40. The summed E-state index contributed by atoms with van der Waals surface area (Å²) in [5.41, 5.74) is 18.2. The number of aromatic nitrogens is 1. The van der Waals surface area contributed by atoms with Crippen molar-refractivity contribution in [2.75, 3.05) is 32.7 Å². The zero-order chi connectivity index (χ0) is 35.4. The molecule has 0 aliphatic carbocycles. The number of nitrogens with one attached hydrogen (secondary N) is 1. The van der Waals surface area contributed by atoms with Gasteiger partial charge >= 0.3 is 0 Å². The van der Waals surface area contributed by atoms with Crippen LogP contribution in [0.2, 0.25) is 10.0 Å². The van der Waals surface area contributed by atoms with Gasteiger partial charge in [-0.05, 0) is 82.5 Å². The normalized spacial score (nSPS) is 14.6. The van der Waals surface area contributed by atoms with Gasteiger partial charge in [-0.3, -0.25) is 19.6 Å². The fraction of sp³-hybridized carbons (Fsp3) is 0.438. The van der Waals surface area contributed by atoms with E-state index in [1.165, 1.54) is 30.9 Å². The number of halogens is 2. The summed E-state index contributed by atoms with van der Waals surface area (Å²) >= 11 is 13.1. The molecule has 1 saturated heterocycles. The van der Waals surface area contributed by atoms with Gasteiger partial charge in [0.2, 0.25) is 21.8 Å². The van der Waals surface area contributed by atoms with Crippen LogP contribution < -0.4 is 26.7 Å². The van der Waals surface area contributed by atoms with E-state index in [9.17, 15) is 18.0 Å². The molecule has 0 saturated carbocycles. The van der Waals surface area contributed by atoms with Crippen molar-refractivity contribution in [3.8, 4) is 5.75 Å². The molecule has 7 N–H and O–H groups in total. The highest BCUT2D eigenvalue weighted by Gasteiger charge is 2.39. The molecule has 48 heavy (non-hydrogen) atoms. The molecule has 0 spiro atoms. The second-order valence-electron chi connectivity index (χ2n) is 12.3. The molecule has 1 fully saturated rings. The third kappa shape index (κ3) is 8.85. The summed E-state index contributed by atoms with van der Waals surface area (Å²) in [4.78, 5) is 37.6. The summed E-state index contributed by atoms with van der Waals surface area (Å²) in [6.45, 7) is 8.08. The average Bonchev–Trinajstić information content (AvgIpc) is 3.01. The van der Waals surface area contributed by atoms with E-state index in [1.54, 1.807) is 11.0 Å². The quantitative estimate of drug-likeness (QED) is 0.123. The number of piperazine rings is 1. The number of rotatable bonds is 12. The Hall–Kier alpha value is -3.69. The van der Waals surface area contributed by atoms with E-state index in [0.29, 0.717) is 25.1 Å². The Bertz CT molecular complexity index is 1820. The van der Waals surface area contributed by atoms with Crippen LogP contribution in [0.1, 0.15) is 43.5 Å². The number of ether oxygens (including phenoxy) is 1. The lowest BCUT2D eigenvalue weighted by molar-refractivity contribution is -0.143. The molecule has 13 nitrogen and oxygen atoms in total. The monoisotopic (exact) mass is 720 g/mol. The number of amides is 2. The van der Waals surface area contributed by atoms with Gasteiger partial charge < -0.3 is 31.7 Å². The summed E-state index contributed by atoms with van der Waals surface area (Å²) in [7, 11) is -4.30. The number of nitrogens with two attached hydrogens (primary N) is 3. The van der Waals surface area contributed by atoms with Crippen molar-refractivity contribution in [1.82, 2.24) is 19.5 Å². The average molecular weight is 722 g/mol. The zero-order valence-electron chi connectivity index (χ0n) is 27.4. The first kappa shape index (κ1) is 37.1. The molecular formula is C32H42Cl2N8O5S. The van der Waals surface area contributed by atoms with Gasteiger partial charge in [-0.1, -0.05) is 23.2 Å². The summed E-state index contributed by atoms with van der Waals surface area (Å²) in [6.07, 6.45) is 0.955. The SMILES string of the molecule is Cc1cc(C)c2cc(OCc3c(Cl)ccc(S(=O)(=O)NC(C)(C)C(=O)N4CCN(C(=O)[C@@H](N)CCCN=C(N)N)CC4)c3Cl)ccc2n1. The lowest BCUT2D eigenvalue weighted by atomic mass is 10.0. The molecule has 1 aliphatic rings. The van der Waals surface area contributed by atoms with Gasteiger partial charge in [-0.25, -0.2) is 8.42 Å². The Labute approximate surface area is 290 Å². The Morgan fingerprint density at radius 2 is 1.73 bits per heavy atom. The van der Waals surface area contributed by atoms with E-state index in [0.717, 1.165) is 22.2 Å². The molecule has 260 valence electrons. The second-order valence-corrected chi connectivity index (χ2v) is 14.7. The first-order valence-electron chi connectivity index (χ1n) is 15.4.